The highest BCUT2D eigenvalue weighted by molar-refractivity contribution is 5.44. The number of methoxy groups -OCH3 is 1. The third-order valence-corrected chi connectivity index (χ3v) is 4.22. The molecule has 2 aromatic heterocycles. The van der Waals surface area contributed by atoms with Crippen LogP contribution < -0.4 is 15.5 Å². The summed E-state index contributed by atoms with van der Waals surface area (Å²) in [4.78, 5) is 10.9. The van der Waals surface area contributed by atoms with Crippen molar-refractivity contribution in [3.8, 4) is 0 Å². The maximum absolute atomic E-state index is 5.66. The maximum atomic E-state index is 5.66. The summed E-state index contributed by atoms with van der Waals surface area (Å²) in [6.45, 7) is 2.53. The molecule has 7 heteroatoms. The van der Waals surface area contributed by atoms with Gasteiger partial charge in [-0.15, -0.1) is 0 Å². The second-order valence-electron chi connectivity index (χ2n) is 5.84. The number of aryl methyl sites for hydroxylation is 1. The van der Waals surface area contributed by atoms with E-state index in [4.69, 9.17) is 4.74 Å². The van der Waals surface area contributed by atoms with Crippen molar-refractivity contribution >= 4 is 11.8 Å². The van der Waals surface area contributed by atoms with Gasteiger partial charge in [0.05, 0.1) is 12.1 Å². The highest BCUT2D eigenvalue weighted by Crippen LogP contribution is 2.21. The SMILES string of the molecule is CNc1nccc(N2C[C@H](OC)[C@H](NCc3ccn(C)c3)C2)n1. The molecule has 0 aliphatic carbocycles. The molecule has 1 saturated heterocycles. The fraction of sp³-hybridized carbons (Fsp3) is 0.500. The lowest BCUT2D eigenvalue weighted by Gasteiger charge is -2.18. The summed E-state index contributed by atoms with van der Waals surface area (Å²) in [7, 11) is 5.63. The molecule has 2 aromatic rings. The van der Waals surface area contributed by atoms with Gasteiger partial charge >= 0.3 is 0 Å². The number of ether oxygens (including phenoxy) is 1. The highest BCUT2D eigenvalue weighted by atomic mass is 16.5. The molecule has 1 aliphatic rings. The van der Waals surface area contributed by atoms with E-state index in [2.05, 4.69) is 48.5 Å². The third kappa shape index (κ3) is 3.62. The minimum absolute atomic E-state index is 0.145. The Kier molecular flexibility index (Phi) is 4.78. The van der Waals surface area contributed by atoms with Crippen LogP contribution in [0.25, 0.3) is 0 Å². The van der Waals surface area contributed by atoms with Crippen LogP contribution in [0.2, 0.25) is 0 Å². The van der Waals surface area contributed by atoms with Crippen LogP contribution >= 0.6 is 0 Å². The van der Waals surface area contributed by atoms with E-state index in [0.717, 1.165) is 25.5 Å². The van der Waals surface area contributed by atoms with Crippen LogP contribution in [0, 0.1) is 0 Å². The second-order valence-corrected chi connectivity index (χ2v) is 5.84. The van der Waals surface area contributed by atoms with Crippen molar-refractivity contribution in [1.82, 2.24) is 19.9 Å². The summed E-state index contributed by atoms with van der Waals surface area (Å²) >= 11 is 0. The lowest BCUT2D eigenvalue weighted by molar-refractivity contribution is 0.0967. The number of rotatable bonds is 6. The monoisotopic (exact) mass is 316 g/mol. The average Bonchev–Trinajstić information content (AvgIpc) is 3.18. The standard InChI is InChI=1S/C16H24N6O/c1-17-16-18-6-4-15(20-16)22-10-13(14(11-22)23-3)19-8-12-5-7-21(2)9-12/h4-7,9,13-14,19H,8,10-11H2,1-3H3,(H,17,18,20)/t13-,14+/m1/s1. The predicted octanol–water partition coefficient (Wildman–Crippen LogP) is 0.850. The average molecular weight is 316 g/mol. The smallest absolute Gasteiger partial charge is 0.224 e. The van der Waals surface area contributed by atoms with Crippen molar-refractivity contribution in [2.24, 2.45) is 7.05 Å². The number of hydrogen-bond donors (Lipinski definition) is 2. The van der Waals surface area contributed by atoms with Crippen LogP contribution in [0.4, 0.5) is 11.8 Å². The summed E-state index contributed by atoms with van der Waals surface area (Å²) in [5.74, 6) is 1.56. The summed E-state index contributed by atoms with van der Waals surface area (Å²) in [5.41, 5.74) is 1.28. The van der Waals surface area contributed by atoms with Gasteiger partial charge in [-0.1, -0.05) is 0 Å². The Morgan fingerprint density at radius 3 is 2.91 bits per heavy atom. The van der Waals surface area contributed by atoms with Crippen LogP contribution in [0.1, 0.15) is 5.56 Å². The molecule has 2 atom stereocenters. The number of anilines is 2. The zero-order valence-corrected chi connectivity index (χ0v) is 13.9. The van der Waals surface area contributed by atoms with Gasteiger partial charge in [-0.25, -0.2) is 4.98 Å². The first kappa shape index (κ1) is 15.8. The molecule has 7 nitrogen and oxygen atoms in total. The van der Waals surface area contributed by atoms with E-state index < -0.39 is 0 Å². The molecule has 0 bridgehead atoms. The molecule has 23 heavy (non-hydrogen) atoms. The van der Waals surface area contributed by atoms with Crippen molar-refractivity contribution in [2.75, 3.05) is 37.5 Å². The summed E-state index contributed by atoms with van der Waals surface area (Å²) < 4.78 is 7.72. The van der Waals surface area contributed by atoms with E-state index in [-0.39, 0.29) is 12.1 Å². The van der Waals surface area contributed by atoms with Crippen molar-refractivity contribution in [2.45, 2.75) is 18.7 Å². The summed E-state index contributed by atoms with van der Waals surface area (Å²) in [6, 6.07) is 4.34. The largest absolute Gasteiger partial charge is 0.378 e. The highest BCUT2D eigenvalue weighted by Gasteiger charge is 2.33. The van der Waals surface area contributed by atoms with Gasteiger partial charge in [0.25, 0.3) is 0 Å². The number of nitrogens with zero attached hydrogens (tertiary/aromatic N) is 4. The van der Waals surface area contributed by atoms with Crippen molar-refractivity contribution in [1.29, 1.82) is 0 Å². The zero-order chi connectivity index (χ0) is 16.2. The van der Waals surface area contributed by atoms with Crippen LogP contribution in [-0.2, 0) is 18.3 Å². The van der Waals surface area contributed by atoms with Gasteiger partial charge in [-0.3, -0.25) is 0 Å². The number of nitrogens with one attached hydrogen (secondary N) is 2. The van der Waals surface area contributed by atoms with E-state index in [0.29, 0.717) is 5.95 Å². The minimum atomic E-state index is 0.145. The van der Waals surface area contributed by atoms with Gasteiger partial charge in [-0.2, -0.15) is 4.98 Å². The molecule has 2 N–H and O–H groups in total. The third-order valence-electron chi connectivity index (χ3n) is 4.22. The molecule has 3 heterocycles. The first-order valence-electron chi connectivity index (χ1n) is 7.82. The van der Waals surface area contributed by atoms with Gasteiger partial charge in [-0.05, 0) is 17.7 Å². The van der Waals surface area contributed by atoms with Crippen molar-refractivity contribution < 1.29 is 4.74 Å². The van der Waals surface area contributed by atoms with Crippen LogP contribution in [0.15, 0.2) is 30.7 Å². The van der Waals surface area contributed by atoms with Crippen molar-refractivity contribution in [3.05, 3.63) is 36.3 Å². The summed E-state index contributed by atoms with van der Waals surface area (Å²) in [6.07, 6.45) is 6.12. The Morgan fingerprint density at radius 2 is 2.22 bits per heavy atom. The molecule has 1 aliphatic heterocycles. The predicted molar refractivity (Wildman–Crippen MR) is 90.6 cm³/mol. The Balaban J connectivity index is 1.64. The normalized spacial score (nSPS) is 20.9. The molecule has 0 saturated carbocycles. The molecule has 124 valence electrons. The van der Waals surface area contributed by atoms with Gasteiger partial charge in [0.15, 0.2) is 0 Å². The fourth-order valence-corrected chi connectivity index (χ4v) is 2.96. The molecule has 0 unspecified atom stereocenters. The zero-order valence-electron chi connectivity index (χ0n) is 13.9. The number of aromatic nitrogens is 3. The second kappa shape index (κ2) is 6.97. The van der Waals surface area contributed by atoms with Crippen LogP contribution in [0.5, 0.6) is 0 Å². The topological polar surface area (TPSA) is 67.2 Å². The lowest BCUT2D eigenvalue weighted by Crippen LogP contribution is -2.39. The fourth-order valence-electron chi connectivity index (χ4n) is 2.96. The van der Waals surface area contributed by atoms with E-state index in [1.54, 1.807) is 13.3 Å². The molecule has 0 radical (unpaired) electrons. The first-order valence-corrected chi connectivity index (χ1v) is 7.82. The van der Waals surface area contributed by atoms with Gasteiger partial charge in [0.2, 0.25) is 5.95 Å². The molecule has 1 fully saturated rings. The lowest BCUT2D eigenvalue weighted by atomic mass is 10.2. The van der Waals surface area contributed by atoms with Gasteiger partial charge < -0.3 is 24.8 Å². The van der Waals surface area contributed by atoms with E-state index in [1.807, 2.05) is 20.2 Å². The maximum Gasteiger partial charge on any atom is 0.224 e. The molecule has 3 rings (SSSR count). The van der Waals surface area contributed by atoms with Crippen LogP contribution in [-0.4, -0.2) is 53.9 Å². The number of hydrogen-bond acceptors (Lipinski definition) is 6. The Hall–Kier alpha value is -2.12. The van der Waals surface area contributed by atoms with E-state index in [1.165, 1.54) is 5.56 Å². The van der Waals surface area contributed by atoms with Crippen LogP contribution in [0.3, 0.4) is 0 Å². The Labute approximate surface area is 136 Å². The Bertz CT molecular complexity index is 643. The first-order chi connectivity index (χ1) is 11.2. The van der Waals surface area contributed by atoms with Crippen molar-refractivity contribution in [3.63, 3.8) is 0 Å². The molecule has 0 aromatic carbocycles. The van der Waals surface area contributed by atoms with E-state index >= 15 is 0 Å². The molecule has 0 amide bonds. The quantitative estimate of drug-likeness (QED) is 0.824. The molecule has 0 spiro atoms. The Morgan fingerprint density at radius 1 is 1.35 bits per heavy atom. The minimum Gasteiger partial charge on any atom is -0.378 e. The summed E-state index contributed by atoms with van der Waals surface area (Å²) in [5, 5.41) is 6.58. The molecular formula is C16H24N6O. The van der Waals surface area contributed by atoms with E-state index in [9.17, 15) is 0 Å². The van der Waals surface area contributed by atoms with Gasteiger partial charge in [0.1, 0.15) is 5.82 Å². The van der Waals surface area contributed by atoms with Gasteiger partial charge in [0, 0.05) is 59.4 Å². The molecular weight excluding hydrogens is 292 g/mol.